The third-order valence-corrected chi connectivity index (χ3v) is 6.21. The summed E-state index contributed by atoms with van der Waals surface area (Å²) in [5.74, 6) is 0.763. The van der Waals surface area contributed by atoms with Gasteiger partial charge in [-0.3, -0.25) is 10.3 Å². The van der Waals surface area contributed by atoms with E-state index in [9.17, 15) is 4.79 Å². The molecular weight excluding hydrogens is 408 g/mol. The summed E-state index contributed by atoms with van der Waals surface area (Å²) >= 11 is 1.34. The summed E-state index contributed by atoms with van der Waals surface area (Å²) in [7, 11) is 0. The van der Waals surface area contributed by atoms with Crippen molar-refractivity contribution in [3.8, 4) is 0 Å². The topological polar surface area (TPSA) is 116 Å². The standard InChI is InChI=1S/C23H21N6OS/c24-22(25)31-11-5-10-18-21(15-7-2-4-9-17(15)28-18)20-13-27-23(30)29(20)19-12-26-16-8-3-1-6-14(16)19/h1-4,6-9,12-13,26,28H,5,10-11H2,(H3,24,25). The average molecular weight is 430 g/mol. The Morgan fingerprint density at radius 3 is 2.65 bits per heavy atom. The molecule has 0 aliphatic carbocycles. The molecule has 7 nitrogen and oxygen atoms in total. The fraction of sp³-hybridized carbons (Fsp3) is 0.130. The van der Waals surface area contributed by atoms with E-state index in [1.807, 2.05) is 48.7 Å². The van der Waals surface area contributed by atoms with Crippen LogP contribution in [0.2, 0.25) is 0 Å². The van der Waals surface area contributed by atoms with Gasteiger partial charge in [-0.15, -0.1) is 0 Å². The van der Waals surface area contributed by atoms with E-state index >= 15 is 0 Å². The molecule has 0 bridgehead atoms. The number of H-pyrrole nitrogens is 2. The van der Waals surface area contributed by atoms with E-state index in [1.165, 1.54) is 11.8 Å². The van der Waals surface area contributed by atoms with E-state index in [-0.39, 0.29) is 11.2 Å². The molecule has 0 atom stereocenters. The minimum atomic E-state index is -0.303. The molecule has 2 aromatic carbocycles. The van der Waals surface area contributed by atoms with Crippen molar-refractivity contribution in [2.24, 2.45) is 5.73 Å². The molecule has 8 heteroatoms. The molecule has 0 saturated heterocycles. The number of aromatic nitrogens is 2. The van der Waals surface area contributed by atoms with Crippen molar-refractivity contribution in [3.63, 3.8) is 0 Å². The highest BCUT2D eigenvalue weighted by Gasteiger charge is 2.32. The summed E-state index contributed by atoms with van der Waals surface area (Å²) < 4.78 is 0. The molecule has 3 heterocycles. The number of urea groups is 1. The van der Waals surface area contributed by atoms with Gasteiger partial charge in [-0.05, 0) is 25.0 Å². The van der Waals surface area contributed by atoms with Crippen LogP contribution in [0.4, 0.5) is 10.5 Å². The van der Waals surface area contributed by atoms with Crippen molar-refractivity contribution < 1.29 is 4.79 Å². The number of fused-ring (bicyclic) bond motifs is 2. The highest BCUT2D eigenvalue weighted by atomic mass is 32.2. The summed E-state index contributed by atoms with van der Waals surface area (Å²) in [6, 6.07) is 15.7. The molecule has 4 aromatic rings. The number of amides is 2. The highest BCUT2D eigenvalue weighted by Crippen LogP contribution is 2.39. The minimum absolute atomic E-state index is 0.130. The van der Waals surface area contributed by atoms with Gasteiger partial charge in [0.1, 0.15) is 0 Å². The maximum Gasteiger partial charge on any atom is 0.352 e. The number of nitrogens with zero attached hydrogens (tertiary/aromatic N) is 2. The Kier molecular flexibility index (Phi) is 4.91. The highest BCUT2D eigenvalue weighted by molar-refractivity contribution is 8.13. The average Bonchev–Trinajstić information content (AvgIpc) is 3.45. The summed E-state index contributed by atoms with van der Waals surface area (Å²) in [5, 5.41) is 13.7. The number of aryl methyl sites for hydroxylation is 1. The first-order chi connectivity index (χ1) is 15.1. The number of rotatable bonds is 6. The Morgan fingerprint density at radius 2 is 1.84 bits per heavy atom. The zero-order valence-electron chi connectivity index (χ0n) is 16.7. The van der Waals surface area contributed by atoms with Crippen LogP contribution in [0.15, 0.2) is 60.9 Å². The van der Waals surface area contributed by atoms with Gasteiger partial charge in [0.15, 0.2) is 5.17 Å². The number of hydrogen-bond acceptors (Lipinski definition) is 3. The fourth-order valence-corrected chi connectivity index (χ4v) is 4.60. The number of benzene rings is 2. The van der Waals surface area contributed by atoms with Crippen LogP contribution in [-0.4, -0.2) is 26.9 Å². The molecule has 0 saturated carbocycles. The number of thioether (sulfide) groups is 1. The first kappa shape index (κ1) is 19.3. The van der Waals surface area contributed by atoms with Crippen molar-refractivity contribution in [1.29, 1.82) is 5.41 Å². The van der Waals surface area contributed by atoms with Crippen LogP contribution >= 0.6 is 11.8 Å². The second-order valence-corrected chi connectivity index (χ2v) is 8.46. The number of para-hydroxylation sites is 2. The largest absolute Gasteiger partial charge is 0.379 e. The van der Waals surface area contributed by atoms with Crippen molar-refractivity contribution in [2.75, 3.05) is 10.7 Å². The van der Waals surface area contributed by atoms with E-state index in [2.05, 4.69) is 21.4 Å². The van der Waals surface area contributed by atoms with Crippen LogP contribution in [0.25, 0.3) is 27.5 Å². The smallest absolute Gasteiger partial charge is 0.352 e. The second kappa shape index (κ2) is 7.88. The van der Waals surface area contributed by atoms with Gasteiger partial charge in [-0.2, -0.15) is 5.32 Å². The number of nitrogens with one attached hydrogen (secondary N) is 3. The molecule has 0 unspecified atom stereocenters. The van der Waals surface area contributed by atoms with E-state index in [0.717, 1.165) is 63.0 Å². The predicted molar refractivity (Wildman–Crippen MR) is 127 cm³/mol. The Labute approximate surface area is 183 Å². The zero-order valence-corrected chi connectivity index (χ0v) is 17.5. The van der Waals surface area contributed by atoms with E-state index in [4.69, 9.17) is 11.1 Å². The Hall–Kier alpha value is -3.65. The quantitative estimate of drug-likeness (QED) is 0.201. The summed E-state index contributed by atoms with van der Waals surface area (Å²) in [6.45, 7) is 0. The molecule has 5 N–H and O–H groups in total. The molecule has 31 heavy (non-hydrogen) atoms. The van der Waals surface area contributed by atoms with Gasteiger partial charge in [0.05, 0.1) is 17.6 Å². The summed E-state index contributed by atoms with van der Waals surface area (Å²) in [4.78, 5) is 21.3. The zero-order chi connectivity index (χ0) is 21.4. The molecule has 1 aliphatic rings. The molecule has 5 rings (SSSR count). The first-order valence-corrected chi connectivity index (χ1v) is 11.0. The number of carbonyl (C=O) groups is 1. The molecule has 2 amide bonds. The van der Waals surface area contributed by atoms with Crippen molar-refractivity contribution >= 4 is 56.2 Å². The lowest BCUT2D eigenvalue weighted by atomic mass is 10.0. The fourth-order valence-electron chi connectivity index (χ4n) is 4.09. The summed E-state index contributed by atoms with van der Waals surface area (Å²) in [6.07, 6.45) is 5.15. The predicted octanol–water partition coefficient (Wildman–Crippen LogP) is 4.75. The molecular formula is C23H21N6OS. The first-order valence-electron chi connectivity index (χ1n) is 10.0. The molecule has 2 aromatic heterocycles. The molecule has 0 fully saturated rings. The maximum absolute atomic E-state index is 12.8. The SMILES string of the molecule is N=C(N)SCCCc1[nH]c2ccccc2c1C1=C[N]C(=O)N1c1c[nH]c2ccccc12. The Bertz CT molecular complexity index is 1330. The van der Waals surface area contributed by atoms with Crippen LogP contribution in [0.5, 0.6) is 0 Å². The third kappa shape index (κ3) is 3.44. The van der Waals surface area contributed by atoms with Crippen LogP contribution in [0.1, 0.15) is 17.7 Å². The van der Waals surface area contributed by atoms with Gasteiger partial charge in [-0.25, -0.2) is 4.79 Å². The van der Waals surface area contributed by atoms with Crippen molar-refractivity contribution in [1.82, 2.24) is 15.3 Å². The van der Waals surface area contributed by atoms with Gasteiger partial charge in [0.25, 0.3) is 0 Å². The monoisotopic (exact) mass is 429 g/mol. The van der Waals surface area contributed by atoms with Crippen LogP contribution in [0.3, 0.4) is 0 Å². The van der Waals surface area contributed by atoms with Crippen LogP contribution < -0.4 is 16.0 Å². The van der Waals surface area contributed by atoms with Crippen molar-refractivity contribution in [3.05, 3.63) is 72.2 Å². The third-order valence-electron chi connectivity index (χ3n) is 5.41. The molecule has 1 radical (unpaired) electrons. The number of aromatic amines is 2. The molecule has 155 valence electrons. The van der Waals surface area contributed by atoms with Gasteiger partial charge >= 0.3 is 6.03 Å². The minimum Gasteiger partial charge on any atom is -0.379 e. The van der Waals surface area contributed by atoms with Gasteiger partial charge in [0, 0.05) is 45.0 Å². The Morgan fingerprint density at radius 1 is 1.10 bits per heavy atom. The number of hydrogen-bond donors (Lipinski definition) is 4. The lowest BCUT2D eigenvalue weighted by Crippen LogP contribution is -2.26. The molecule has 0 spiro atoms. The van der Waals surface area contributed by atoms with Crippen LogP contribution in [-0.2, 0) is 6.42 Å². The van der Waals surface area contributed by atoms with E-state index < -0.39 is 0 Å². The summed E-state index contributed by atoms with van der Waals surface area (Å²) in [5.41, 5.74) is 11.0. The lowest BCUT2D eigenvalue weighted by molar-refractivity contribution is 0.252. The van der Waals surface area contributed by atoms with Gasteiger partial charge in [0.2, 0.25) is 0 Å². The number of carbonyl (C=O) groups excluding carboxylic acids is 1. The van der Waals surface area contributed by atoms with Crippen LogP contribution in [0, 0.1) is 5.41 Å². The second-order valence-electron chi connectivity index (χ2n) is 7.32. The normalized spacial score (nSPS) is 13.7. The Balaban J connectivity index is 1.58. The number of nitrogens with two attached hydrogens (primary N) is 1. The lowest BCUT2D eigenvalue weighted by Gasteiger charge is -2.19. The van der Waals surface area contributed by atoms with E-state index in [0.29, 0.717) is 0 Å². The maximum atomic E-state index is 12.8. The van der Waals surface area contributed by atoms with Gasteiger partial charge < -0.3 is 15.7 Å². The molecule has 1 aliphatic heterocycles. The van der Waals surface area contributed by atoms with E-state index in [1.54, 1.807) is 11.1 Å². The number of amidine groups is 1. The van der Waals surface area contributed by atoms with Crippen molar-refractivity contribution in [2.45, 2.75) is 12.8 Å². The number of anilines is 1. The van der Waals surface area contributed by atoms with Gasteiger partial charge in [-0.1, -0.05) is 48.2 Å².